The molecule has 78 valence electrons. The van der Waals surface area contributed by atoms with Gasteiger partial charge in [-0.2, -0.15) is 0 Å². The quantitative estimate of drug-likeness (QED) is 0.776. The lowest BCUT2D eigenvalue weighted by Gasteiger charge is -2.07. The van der Waals surface area contributed by atoms with Crippen molar-refractivity contribution in [1.29, 1.82) is 0 Å². The Morgan fingerprint density at radius 3 is 2.71 bits per heavy atom. The van der Waals surface area contributed by atoms with Crippen LogP contribution in [0.15, 0.2) is 18.3 Å². The van der Waals surface area contributed by atoms with Crippen LogP contribution in [0.1, 0.15) is 31.5 Å². The van der Waals surface area contributed by atoms with E-state index in [1.165, 1.54) is 11.3 Å². The molecule has 0 fully saturated rings. The van der Waals surface area contributed by atoms with E-state index in [0.29, 0.717) is 5.92 Å². The molecule has 0 amide bonds. The Morgan fingerprint density at radius 2 is 2.21 bits per heavy atom. The molecular formula is C12H20N2. The van der Waals surface area contributed by atoms with Crippen LogP contribution in [0.25, 0.3) is 0 Å². The van der Waals surface area contributed by atoms with Gasteiger partial charge in [-0.15, -0.1) is 0 Å². The highest BCUT2D eigenvalue weighted by Crippen LogP contribution is 2.07. The predicted octanol–water partition coefficient (Wildman–Crippen LogP) is 2.17. The smallest absolute Gasteiger partial charge is 0.0403 e. The Bertz CT molecular complexity index is 254. The van der Waals surface area contributed by atoms with Crippen molar-refractivity contribution < 1.29 is 0 Å². The molecule has 0 bridgehead atoms. The van der Waals surface area contributed by atoms with Crippen molar-refractivity contribution in [3.8, 4) is 0 Å². The summed E-state index contributed by atoms with van der Waals surface area (Å²) in [5.41, 5.74) is 8.05. The van der Waals surface area contributed by atoms with E-state index in [2.05, 4.69) is 31.0 Å². The molecule has 0 aliphatic carbocycles. The number of hydrogen-bond donors (Lipinski definition) is 1. The summed E-state index contributed by atoms with van der Waals surface area (Å²) in [5.74, 6) is 0.600. The lowest BCUT2D eigenvalue weighted by atomic mass is 10.0. The minimum Gasteiger partial charge on any atom is -0.330 e. The normalized spacial score (nSPS) is 12.8. The second-order valence-corrected chi connectivity index (χ2v) is 3.89. The molecule has 0 aliphatic heterocycles. The summed E-state index contributed by atoms with van der Waals surface area (Å²) in [5, 5.41) is 0. The molecule has 1 aromatic heterocycles. The Kier molecular flexibility index (Phi) is 4.60. The van der Waals surface area contributed by atoms with Crippen LogP contribution in [0.4, 0.5) is 0 Å². The summed E-state index contributed by atoms with van der Waals surface area (Å²) in [4.78, 5) is 4.41. The van der Waals surface area contributed by atoms with Crippen LogP contribution >= 0.6 is 0 Å². The molecule has 2 nitrogen and oxygen atoms in total. The molecule has 0 aliphatic rings. The molecule has 1 rings (SSSR count). The number of hydrogen-bond acceptors (Lipinski definition) is 2. The topological polar surface area (TPSA) is 38.9 Å². The maximum Gasteiger partial charge on any atom is 0.0403 e. The molecule has 0 aromatic carbocycles. The highest BCUT2D eigenvalue weighted by atomic mass is 14.7. The Hall–Kier alpha value is -0.890. The summed E-state index contributed by atoms with van der Waals surface area (Å²) < 4.78 is 0. The fourth-order valence-corrected chi connectivity index (χ4v) is 1.32. The zero-order valence-corrected chi connectivity index (χ0v) is 9.16. The van der Waals surface area contributed by atoms with Gasteiger partial charge in [0.2, 0.25) is 0 Å². The fourth-order valence-electron chi connectivity index (χ4n) is 1.32. The lowest BCUT2D eigenvalue weighted by Crippen LogP contribution is -2.11. The van der Waals surface area contributed by atoms with Gasteiger partial charge in [-0.1, -0.05) is 19.9 Å². The van der Waals surface area contributed by atoms with Crippen LogP contribution in [0.5, 0.6) is 0 Å². The third kappa shape index (κ3) is 3.46. The molecule has 0 saturated heterocycles. The Balaban J connectivity index is 2.43. The van der Waals surface area contributed by atoms with E-state index in [1.54, 1.807) is 0 Å². The van der Waals surface area contributed by atoms with Crippen LogP contribution in [-0.2, 0) is 12.8 Å². The average molecular weight is 192 g/mol. The first-order valence-electron chi connectivity index (χ1n) is 5.40. The highest BCUT2D eigenvalue weighted by molar-refractivity contribution is 5.13. The van der Waals surface area contributed by atoms with Crippen LogP contribution in [0, 0.1) is 5.92 Å². The van der Waals surface area contributed by atoms with Crippen molar-refractivity contribution in [3.63, 3.8) is 0 Å². The second-order valence-electron chi connectivity index (χ2n) is 3.89. The van der Waals surface area contributed by atoms with Crippen LogP contribution < -0.4 is 5.73 Å². The number of aryl methyl sites for hydroxylation is 2. The molecule has 14 heavy (non-hydrogen) atoms. The van der Waals surface area contributed by atoms with Crippen LogP contribution in [0.2, 0.25) is 0 Å². The molecule has 1 heterocycles. The van der Waals surface area contributed by atoms with E-state index >= 15 is 0 Å². The fraction of sp³-hybridized carbons (Fsp3) is 0.583. The highest BCUT2D eigenvalue weighted by Gasteiger charge is 2.00. The van der Waals surface area contributed by atoms with E-state index in [1.807, 2.05) is 6.20 Å². The van der Waals surface area contributed by atoms with Gasteiger partial charge in [-0.25, -0.2) is 0 Å². The molecule has 2 heteroatoms. The second kappa shape index (κ2) is 5.76. The number of nitrogens with zero attached hydrogens (tertiary/aromatic N) is 1. The molecule has 0 radical (unpaired) electrons. The van der Waals surface area contributed by atoms with E-state index in [4.69, 9.17) is 5.73 Å². The maximum atomic E-state index is 5.56. The first kappa shape index (κ1) is 11.2. The van der Waals surface area contributed by atoms with Crippen molar-refractivity contribution in [2.75, 3.05) is 6.54 Å². The summed E-state index contributed by atoms with van der Waals surface area (Å²) in [6.07, 6.45) is 5.21. The molecular weight excluding hydrogens is 172 g/mol. The molecule has 0 spiro atoms. The lowest BCUT2D eigenvalue weighted by molar-refractivity contribution is 0.541. The third-order valence-electron chi connectivity index (χ3n) is 2.59. The minimum atomic E-state index is 0.600. The van der Waals surface area contributed by atoms with Gasteiger partial charge in [0.15, 0.2) is 0 Å². The van der Waals surface area contributed by atoms with E-state index in [-0.39, 0.29) is 0 Å². The van der Waals surface area contributed by atoms with Gasteiger partial charge in [-0.3, -0.25) is 4.98 Å². The largest absolute Gasteiger partial charge is 0.330 e. The van der Waals surface area contributed by atoms with Gasteiger partial charge in [-0.05, 0) is 43.4 Å². The van der Waals surface area contributed by atoms with Crippen LogP contribution in [0.3, 0.4) is 0 Å². The molecule has 1 atom stereocenters. The van der Waals surface area contributed by atoms with Crippen molar-refractivity contribution in [2.45, 2.75) is 33.1 Å². The number of nitrogens with two attached hydrogens (primary N) is 1. The van der Waals surface area contributed by atoms with Gasteiger partial charge in [0.25, 0.3) is 0 Å². The average Bonchev–Trinajstić information content (AvgIpc) is 2.26. The van der Waals surface area contributed by atoms with Gasteiger partial charge in [0.05, 0.1) is 0 Å². The van der Waals surface area contributed by atoms with Crippen molar-refractivity contribution in [1.82, 2.24) is 4.98 Å². The molecule has 1 unspecified atom stereocenters. The Labute approximate surface area is 86.5 Å². The zero-order chi connectivity index (χ0) is 10.4. The van der Waals surface area contributed by atoms with Crippen LogP contribution in [-0.4, -0.2) is 11.5 Å². The molecule has 2 N–H and O–H groups in total. The first-order chi connectivity index (χ1) is 6.76. The standard InChI is InChI=1S/C12H20N2/c1-3-11-5-7-12(14-9-11)6-4-10(2)8-13/h5,7,9-10H,3-4,6,8,13H2,1-2H3. The summed E-state index contributed by atoms with van der Waals surface area (Å²) in [6, 6.07) is 4.29. The van der Waals surface area contributed by atoms with Crippen molar-refractivity contribution in [2.24, 2.45) is 11.7 Å². The minimum absolute atomic E-state index is 0.600. The zero-order valence-electron chi connectivity index (χ0n) is 9.16. The van der Waals surface area contributed by atoms with Gasteiger partial charge >= 0.3 is 0 Å². The van der Waals surface area contributed by atoms with Gasteiger partial charge in [0.1, 0.15) is 0 Å². The number of aromatic nitrogens is 1. The van der Waals surface area contributed by atoms with E-state index in [9.17, 15) is 0 Å². The SMILES string of the molecule is CCc1ccc(CCC(C)CN)nc1. The maximum absolute atomic E-state index is 5.56. The van der Waals surface area contributed by atoms with E-state index in [0.717, 1.165) is 25.8 Å². The van der Waals surface area contributed by atoms with Crippen molar-refractivity contribution >= 4 is 0 Å². The summed E-state index contributed by atoms with van der Waals surface area (Å²) in [6.45, 7) is 5.10. The first-order valence-corrected chi connectivity index (χ1v) is 5.40. The summed E-state index contributed by atoms with van der Waals surface area (Å²) >= 11 is 0. The molecule has 0 saturated carbocycles. The predicted molar refractivity (Wildman–Crippen MR) is 60.2 cm³/mol. The third-order valence-corrected chi connectivity index (χ3v) is 2.59. The van der Waals surface area contributed by atoms with Gasteiger partial charge in [0, 0.05) is 11.9 Å². The molecule has 1 aromatic rings. The van der Waals surface area contributed by atoms with E-state index < -0.39 is 0 Å². The van der Waals surface area contributed by atoms with Crippen molar-refractivity contribution in [3.05, 3.63) is 29.6 Å². The number of pyridine rings is 1. The Morgan fingerprint density at radius 1 is 1.43 bits per heavy atom. The summed E-state index contributed by atoms with van der Waals surface area (Å²) in [7, 11) is 0. The van der Waals surface area contributed by atoms with Gasteiger partial charge < -0.3 is 5.73 Å². The number of rotatable bonds is 5. The monoisotopic (exact) mass is 192 g/mol.